The molecule has 0 saturated carbocycles. The number of halogens is 2. The van der Waals surface area contributed by atoms with E-state index in [1.54, 1.807) is 54.6 Å². The molecule has 0 aliphatic rings. The molecule has 248 valence electrons. The second-order valence-electron chi connectivity index (χ2n) is 12.0. The third-order valence-corrected chi connectivity index (χ3v) is 9.68. The molecule has 0 aliphatic heterocycles. The molecule has 0 radical (unpaired) electrons. The van der Waals surface area contributed by atoms with Gasteiger partial charge >= 0.3 is 0 Å². The van der Waals surface area contributed by atoms with Crippen molar-refractivity contribution in [1.29, 1.82) is 0 Å². The van der Waals surface area contributed by atoms with E-state index < -0.39 is 34.1 Å². The summed E-state index contributed by atoms with van der Waals surface area (Å²) in [5.74, 6) is -0.363. The van der Waals surface area contributed by atoms with Crippen molar-refractivity contribution in [2.24, 2.45) is 0 Å². The summed E-state index contributed by atoms with van der Waals surface area (Å²) in [6, 6.07) is 28.2. The highest BCUT2D eigenvalue weighted by Gasteiger charge is 2.35. The lowest BCUT2D eigenvalue weighted by Gasteiger charge is -2.35. The minimum atomic E-state index is -4.24. The van der Waals surface area contributed by atoms with Crippen LogP contribution in [0.1, 0.15) is 38.8 Å². The van der Waals surface area contributed by atoms with Gasteiger partial charge in [-0.15, -0.1) is 0 Å². The minimum absolute atomic E-state index is 0.00934. The van der Waals surface area contributed by atoms with Gasteiger partial charge < -0.3 is 15.0 Å². The molecule has 0 spiro atoms. The van der Waals surface area contributed by atoms with Gasteiger partial charge in [0, 0.05) is 28.0 Å². The number of benzene rings is 4. The number of hydrogen-bond acceptors (Lipinski definition) is 5. The Bertz CT molecular complexity index is 1760. The number of sulfonamides is 1. The summed E-state index contributed by atoms with van der Waals surface area (Å²) >= 11 is 9.68. The lowest BCUT2D eigenvalue weighted by atomic mass is 10.0. The van der Waals surface area contributed by atoms with Gasteiger partial charge in [-0.25, -0.2) is 8.42 Å². The average Bonchev–Trinajstić information content (AvgIpc) is 3.02. The van der Waals surface area contributed by atoms with Crippen molar-refractivity contribution in [3.63, 3.8) is 0 Å². The Hall–Kier alpha value is -3.86. The molecule has 0 bridgehead atoms. The van der Waals surface area contributed by atoms with Gasteiger partial charge in [0.15, 0.2) is 0 Å². The number of hydrogen-bond donors (Lipinski definition) is 1. The Labute approximate surface area is 290 Å². The number of anilines is 1. The zero-order valence-corrected chi connectivity index (χ0v) is 30.0. The first-order chi connectivity index (χ1) is 22.3. The summed E-state index contributed by atoms with van der Waals surface area (Å²) in [7, 11) is -4.24. The van der Waals surface area contributed by atoms with Crippen LogP contribution in [0, 0.1) is 0 Å². The minimum Gasteiger partial charge on any atom is -0.494 e. The Morgan fingerprint density at radius 2 is 1.53 bits per heavy atom. The highest BCUT2D eigenvalue weighted by atomic mass is 79.9. The zero-order chi connectivity index (χ0) is 34.2. The maximum atomic E-state index is 14.6. The van der Waals surface area contributed by atoms with Gasteiger partial charge in [-0.3, -0.25) is 13.9 Å². The smallest absolute Gasteiger partial charge is 0.264 e. The zero-order valence-electron chi connectivity index (χ0n) is 26.8. The van der Waals surface area contributed by atoms with Crippen molar-refractivity contribution < 1.29 is 22.7 Å². The molecule has 4 aromatic carbocycles. The predicted molar refractivity (Wildman–Crippen MR) is 190 cm³/mol. The van der Waals surface area contributed by atoms with Crippen molar-refractivity contribution in [3.05, 3.63) is 124 Å². The van der Waals surface area contributed by atoms with Gasteiger partial charge in [-0.05, 0) is 99.5 Å². The number of ether oxygens (including phenoxy) is 1. The maximum absolute atomic E-state index is 14.6. The first kappa shape index (κ1) is 36.0. The summed E-state index contributed by atoms with van der Waals surface area (Å²) in [6.45, 7) is 7.35. The van der Waals surface area contributed by atoms with E-state index in [2.05, 4.69) is 21.2 Å². The Balaban J connectivity index is 1.82. The molecule has 4 rings (SSSR count). The van der Waals surface area contributed by atoms with E-state index in [9.17, 15) is 18.0 Å². The van der Waals surface area contributed by atoms with E-state index in [-0.39, 0.29) is 29.5 Å². The standard InChI is InChI=1S/C36H39BrClN3O5S/c1-5-46-31-18-16-30(17-19-31)41(47(44,45)32-20-14-28(37)15-21-32)25-34(42)40(24-27-12-9-13-29(38)22-27)33(35(43)39-36(2,3)4)23-26-10-7-6-8-11-26/h6-22,33H,5,23-25H2,1-4H3,(H,39,43). The van der Waals surface area contributed by atoms with Crippen LogP contribution in [0.5, 0.6) is 5.75 Å². The van der Waals surface area contributed by atoms with E-state index >= 15 is 0 Å². The van der Waals surface area contributed by atoms with Crippen LogP contribution < -0.4 is 14.4 Å². The van der Waals surface area contributed by atoms with E-state index in [4.69, 9.17) is 16.3 Å². The fourth-order valence-corrected chi connectivity index (χ4v) is 6.87. The molecule has 47 heavy (non-hydrogen) atoms. The van der Waals surface area contributed by atoms with Crippen LogP contribution >= 0.6 is 27.5 Å². The quantitative estimate of drug-likeness (QED) is 0.156. The molecule has 2 amide bonds. The second kappa shape index (κ2) is 15.8. The fraction of sp³-hybridized carbons (Fsp3) is 0.278. The third kappa shape index (κ3) is 10.1. The average molecular weight is 741 g/mol. The normalized spacial score (nSPS) is 12.2. The topological polar surface area (TPSA) is 96.0 Å². The molecule has 4 aromatic rings. The largest absolute Gasteiger partial charge is 0.494 e. The summed E-state index contributed by atoms with van der Waals surface area (Å²) < 4.78 is 35.8. The predicted octanol–water partition coefficient (Wildman–Crippen LogP) is 7.25. The first-order valence-corrected chi connectivity index (χ1v) is 17.8. The maximum Gasteiger partial charge on any atom is 0.264 e. The van der Waals surface area contributed by atoms with Crippen LogP contribution in [-0.4, -0.2) is 49.9 Å². The molecular formula is C36H39BrClN3O5S. The van der Waals surface area contributed by atoms with Crippen molar-refractivity contribution >= 4 is 55.1 Å². The SMILES string of the molecule is CCOc1ccc(N(CC(=O)N(Cc2cccc(Cl)c2)C(Cc2ccccc2)C(=O)NC(C)(C)C)S(=O)(=O)c2ccc(Br)cc2)cc1. The molecule has 8 nitrogen and oxygen atoms in total. The van der Waals surface area contributed by atoms with Crippen molar-refractivity contribution in [1.82, 2.24) is 10.2 Å². The molecule has 1 unspecified atom stereocenters. The molecular weight excluding hydrogens is 702 g/mol. The molecule has 0 fully saturated rings. The lowest BCUT2D eigenvalue weighted by Crippen LogP contribution is -2.56. The number of nitrogens with zero attached hydrogens (tertiary/aromatic N) is 2. The number of carbonyl (C=O) groups excluding carboxylic acids is 2. The molecule has 1 atom stereocenters. The highest BCUT2D eigenvalue weighted by Crippen LogP contribution is 2.28. The monoisotopic (exact) mass is 739 g/mol. The van der Waals surface area contributed by atoms with Gasteiger partial charge in [0.2, 0.25) is 11.8 Å². The molecule has 11 heteroatoms. The molecule has 0 aliphatic carbocycles. The summed E-state index contributed by atoms with van der Waals surface area (Å²) in [4.78, 5) is 30.0. The number of nitrogens with one attached hydrogen (secondary N) is 1. The van der Waals surface area contributed by atoms with Crippen molar-refractivity contribution in [3.8, 4) is 5.75 Å². The Morgan fingerprint density at radius 1 is 0.894 bits per heavy atom. The van der Waals surface area contributed by atoms with Gasteiger partial charge in [0.1, 0.15) is 18.3 Å². The van der Waals surface area contributed by atoms with E-state index in [1.807, 2.05) is 64.1 Å². The fourth-order valence-electron chi connectivity index (χ4n) is 4.98. The Morgan fingerprint density at radius 3 is 2.13 bits per heavy atom. The number of carbonyl (C=O) groups is 2. The highest BCUT2D eigenvalue weighted by molar-refractivity contribution is 9.10. The second-order valence-corrected chi connectivity index (χ2v) is 15.2. The first-order valence-electron chi connectivity index (χ1n) is 15.2. The van der Waals surface area contributed by atoms with Gasteiger partial charge in [-0.2, -0.15) is 0 Å². The van der Waals surface area contributed by atoms with Gasteiger partial charge in [0.05, 0.1) is 17.2 Å². The number of amides is 2. The van der Waals surface area contributed by atoms with E-state index in [0.717, 1.165) is 9.87 Å². The van der Waals surface area contributed by atoms with Gasteiger partial charge in [0.25, 0.3) is 10.0 Å². The molecule has 0 saturated heterocycles. The number of rotatable bonds is 13. The van der Waals surface area contributed by atoms with Gasteiger partial charge in [-0.1, -0.05) is 70.0 Å². The van der Waals surface area contributed by atoms with Crippen LogP contribution in [0.25, 0.3) is 0 Å². The molecule has 1 N–H and O–H groups in total. The van der Waals surface area contributed by atoms with Crippen LogP contribution in [0.4, 0.5) is 5.69 Å². The van der Waals surface area contributed by atoms with Crippen LogP contribution in [0.2, 0.25) is 5.02 Å². The van der Waals surface area contributed by atoms with Crippen LogP contribution in [-0.2, 0) is 32.6 Å². The Kier molecular flexibility index (Phi) is 12.1. The summed E-state index contributed by atoms with van der Waals surface area (Å²) in [6.07, 6.45) is 0.206. The van der Waals surface area contributed by atoms with Crippen molar-refractivity contribution in [2.75, 3.05) is 17.5 Å². The summed E-state index contributed by atoms with van der Waals surface area (Å²) in [5, 5.41) is 3.50. The molecule has 0 aromatic heterocycles. The molecule has 0 heterocycles. The third-order valence-electron chi connectivity index (χ3n) is 7.13. The lowest BCUT2D eigenvalue weighted by molar-refractivity contribution is -0.140. The summed E-state index contributed by atoms with van der Waals surface area (Å²) in [5.41, 5.74) is 1.22. The van der Waals surface area contributed by atoms with Crippen molar-refractivity contribution in [2.45, 2.75) is 57.1 Å². The van der Waals surface area contributed by atoms with Crippen LogP contribution in [0.3, 0.4) is 0 Å². The van der Waals surface area contributed by atoms with E-state index in [0.29, 0.717) is 27.4 Å². The van der Waals surface area contributed by atoms with Crippen LogP contribution in [0.15, 0.2) is 112 Å². The van der Waals surface area contributed by atoms with E-state index in [1.165, 1.54) is 17.0 Å².